The molecule has 0 unspecified atom stereocenters. The fourth-order valence-corrected chi connectivity index (χ4v) is 3.69. The third kappa shape index (κ3) is 3.77. The van der Waals surface area contributed by atoms with E-state index in [-0.39, 0.29) is 18.4 Å². The average molecular weight is 371 g/mol. The Morgan fingerprint density at radius 1 is 1.00 bits per heavy atom. The molecule has 1 fully saturated rings. The predicted octanol–water partition coefficient (Wildman–Crippen LogP) is 1.67. The molecule has 0 saturated carbocycles. The molecule has 3 rings (SSSR count). The number of aryl methyl sites for hydroxylation is 2. The third-order valence-electron chi connectivity index (χ3n) is 5.59. The Labute approximate surface area is 161 Å². The summed E-state index contributed by atoms with van der Waals surface area (Å²) in [7, 11) is 1.58. The second kappa shape index (κ2) is 8.23. The number of benzene rings is 1. The Morgan fingerprint density at radius 2 is 1.70 bits per heavy atom. The zero-order valence-corrected chi connectivity index (χ0v) is 16.7. The molecule has 0 spiro atoms. The lowest BCUT2D eigenvalue weighted by Crippen LogP contribution is -2.47. The quantitative estimate of drug-likeness (QED) is 0.712. The summed E-state index contributed by atoms with van der Waals surface area (Å²) in [5.41, 5.74) is 4.19. The summed E-state index contributed by atoms with van der Waals surface area (Å²) in [5.74, 6) is -0.413. The predicted molar refractivity (Wildman–Crippen MR) is 105 cm³/mol. The van der Waals surface area contributed by atoms with Gasteiger partial charge in [-0.3, -0.25) is 14.5 Å². The molecule has 2 aliphatic rings. The number of ether oxygens (including phenoxy) is 1. The first-order valence-electron chi connectivity index (χ1n) is 9.62. The smallest absolute Gasteiger partial charge is 0.277 e. The van der Waals surface area contributed by atoms with E-state index in [1.54, 1.807) is 7.11 Å². The Bertz CT molecular complexity index is 764. The van der Waals surface area contributed by atoms with Crippen molar-refractivity contribution in [3.63, 3.8) is 0 Å². The zero-order valence-electron chi connectivity index (χ0n) is 16.7. The maximum absolute atomic E-state index is 13.1. The molecule has 2 heterocycles. The topological polar surface area (TPSA) is 53.1 Å². The summed E-state index contributed by atoms with van der Waals surface area (Å²) in [6, 6.07) is 5.98. The third-order valence-corrected chi connectivity index (χ3v) is 5.59. The van der Waals surface area contributed by atoms with E-state index in [0.717, 1.165) is 43.9 Å². The van der Waals surface area contributed by atoms with Crippen LogP contribution in [0.2, 0.25) is 0 Å². The molecule has 1 saturated heterocycles. The minimum atomic E-state index is -0.215. The minimum Gasteiger partial charge on any atom is -0.383 e. The van der Waals surface area contributed by atoms with Crippen molar-refractivity contribution in [3.05, 3.63) is 40.6 Å². The van der Waals surface area contributed by atoms with Gasteiger partial charge in [0.25, 0.3) is 11.8 Å². The van der Waals surface area contributed by atoms with Crippen LogP contribution >= 0.6 is 0 Å². The summed E-state index contributed by atoms with van der Waals surface area (Å²) in [5, 5.41) is 0. The number of rotatable bonds is 6. The summed E-state index contributed by atoms with van der Waals surface area (Å²) < 4.78 is 5.10. The number of hydrogen-bond acceptors (Lipinski definition) is 5. The molecule has 2 aliphatic heterocycles. The van der Waals surface area contributed by atoms with Gasteiger partial charge in [0.2, 0.25) is 0 Å². The van der Waals surface area contributed by atoms with Crippen LogP contribution in [0.1, 0.15) is 23.6 Å². The fourth-order valence-electron chi connectivity index (χ4n) is 3.69. The molecular formula is C21H29N3O3. The molecule has 0 radical (unpaired) electrons. The van der Waals surface area contributed by atoms with Crippen LogP contribution < -0.4 is 0 Å². The molecule has 1 aromatic rings. The second-order valence-corrected chi connectivity index (χ2v) is 7.20. The summed E-state index contributed by atoms with van der Waals surface area (Å²) in [4.78, 5) is 32.1. The van der Waals surface area contributed by atoms with Crippen molar-refractivity contribution >= 4 is 17.4 Å². The van der Waals surface area contributed by atoms with Crippen LogP contribution in [0.4, 0.5) is 0 Å². The Balaban J connectivity index is 2.00. The van der Waals surface area contributed by atoms with Gasteiger partial charge in [-0.25, -0.2) is 0 Å². The van der Waals surface area contributed by atoms with Gasteiger partial charge in [-0.1, -0.05) is 25.1 Å². The van der Waals surface area contributed by atoms with Crippen molar-refractivity contribution in [3.8, 4) is 0 Å². The Kier molecular flexibility index (Phi) is 5.97. The van der Waals surface area contributed by atoms with E-state index in [9.17, 15) is 9.59 Å². The lowest BCUT2D eigenvalue weighted by atomic mass is 9.99. The highest BCUT2D eigenvalue weighted by atomic mass is 16.5. The molecule has 0 aromatic heterocycles. The van der Waals surface area contributed by atoms with E-state index < -0.39 is 0 Å². The van der Waals surface area contributed by atoms with Crippen molar-refractivity contribution in [1.82, 2.24) is 14.7 Å². The monoisotopic (exact) mass is 371 g/mol. The number of likely N-dealkylation sites (N-methyl/N-ethyl adjacent to an activating group) is 1. The van der Waals surface area contributed by atoms with Crippen LogP contribution in [0.25, 0.3) is 5.57 Å². The van der Waals surface area contributed by atoms with Crippen LogP contribution in [-0.2, 0) is 14.3 Å². The average Bonchev–Trinajstić information content (AvgIpc) is 2.92. The molecule has 27 heavy (non-hydrogen) atoms. The van der Waals surface area contributed by atoms with Gasteiger partial charge in [-0.05, 0) is 37.1 Å². The second-order valence-electron chi connectivity index (χ2n) is 7.20. The zero-order chi connectivity index (χ0) is 19.6. The van der Waals surface area contributed by atoms with Gasteiger partial charge in [0.1, 0.15) is 5.70 Å². The summed E-state index contributed by atoms with van der Waals surface area (Å²) >= 11 is 0. The van der Waals surface area contributed by atoms with Gasteiger partial charge in [0, 0.05) is 33.3 Å². The lowest BCUT2D eigenvalue weighted by molar-refractivity contribution is -0.138. The van der Waals surface area contributed by atoms with Crippen LogP contribution in [0.15, 0.2) is 23.9 Å². The number of carbonyl (C=O) groups is 2. The Morgan fingerprint density at radius 3 is 2.30 bits per heavy atom. The first-order valence-corrected chi connectivity index (χ1v) is 9.62. The molecule has 0 N–H and O–H groups in total. The standard InChI is InChI=1S/C21H29N3O3/c1-5-22-8-10-23(11-9-22)19-18(17-7-6-15(2)16(3)14-17)20(25)24(21(19)26)12-13-27-4/h6-7,14H,5,8-13H2,1-4H3. The number of carbonyl (C=O) groups excluding carboxylic acids is 2. The SMILES string of the molecule is CCN1CCN(C2=C(c3ccc(C)c(C)c3)C(=O)N(CCOC)C2=O)CC1. The number of imide groups is 1. The number of methoxy groups -OCH3 is 1. The number of hydrogen-bond donors (Lipinski definition) is 0. The number of amides is 2. The molecular weight excluding hydrogens is 342 g/mol. The van der Waals surface area contributed by atoms with Gasteiger partial charge in [0.15, 0.2) is 0 Å². The first-order chi connectivity index (χ1) is 13.0. The van der Waals surface area contributed by atoms with Gasteiger partial charge in [-0.15, -0.1) is 0 Å². The first kappa shape index (κ1) is 19.6. The Hall–Kier alpha value is -2.18. The number of piperazine rings is 1. The van der Waals surface area contributed by atoms with E-state index in [4.69, 9.17) is 4.74 Å². The largest absolute Gasteiger partial charge is 0.383 e. The van der Waals surface area contributed by atoms with Crippen LogP contribution in [-0.4, -0.2) is 79.5 Å². The molecule has 0 bridgehead atoms. The van der Waals surface area contributed by atoms with Crippen molar-refractivity contribution in [2.24, 2.45) is 0 Å². The highest BCUT2D eigenvalue weighted by Gasteiger charge is 2.41. The van der Waals surface area contributed by atoms with Crippen molar-refractivity contribution < 1.29 is 14.3 Å². The van der Waals surface area contributed by atoms with Gasteiger partial charge >= 0.3 is 0 Å². The van der Waals surface area contributed by atoms with Gasteiger partial charge in [-0.2, -0.15) is 0 Å². The van der Waals surface area contributed by atoms with Gasteiger partial charge in [0.05, 0.1) is 18.7 Å². The molecule has 1 aromatic carbocycles. The molecule has 2 amide bonds. The van der Waals surface area contributed by atoms with Crippen molar-refractivity contribution in [2.45, 2.75) is 20.8 Å². The molecule has 0 atom stereocenters. The summed E-state index contributed by atoms with van der Waals surface area (Å²) in [6.07, 6.45) is 0. The maximum Gasteiger partial charge on any atom is 0.277 e. The van der Waals surface area contributed by atoms with Crippen LogP contribution in [0.5, 0.6) is 0 Å². The van der Waals surface area contributed by atoms with Crippen LogP contribution in [0, 0.1) is 13.8 Å². The molecule has 6 nitrogen and oxygen atoms in total. The van der Waals surface area contributed by atoms with Crippen molar-refractivity contribution in [2.75, 3.05) is 53.0 Å². The van der Waals surface area contributed by atoms with E-state index in [0.29, 0.717) is 17.9 Å². The molecule has 0 aliphatic carbocycles. The maximum atomic E-state index is 13.1. The van der Waals surface area contributed by atoms with Crippen LogP contribution in [0.3, 0.4) is 0 Å². The van der Waals surface area contributed by atoms with E-state index in [1.807, 2.05) is 32.0 Å². The highest BCUT2D eigenvalue weighted by Crippen LogP contribution is 2.32. The van der Waals surface area contributed by atoms with Gasteiger partial charge < -0.3 is 14.5 Å². The lowest BCUT2D eigenvalue weighted by Gasteiger charge is -2.36. The fraction of sp³-hybridized carbons (Fsp3) is 0.524. The molecule has 146 valence electrons. The van der Waals surface area contributed by atoms with E-state index in [2.05, 4.69) is 16.7 Å². The van der Waals surface area contributed by atoms with E-state index in [1.165, 1.54) is 10.5 Å². The molecule has 6 heteroatoms. The minimum absolute atomic E-state index is 0.199. The van der Waals surface area contributed by atoms with E-state index >= 15 is 0 Å². The van der Waals surface area contributed by atoms with Crippen molar-refractivity contribution in [1.29, 1.82) is 0 Å². The normalized spacial score (nSPS) is 18.8. The number of nitrogens with zero attached hydrogens (tertiary/aromatic N) is 3. The highest BCUT2D eigenvalue weighted by molar-refractivity contribution is 6.35. The summed E-state index contributed by atoms with van der Waals surface area (Å²) in [6.45, 7) is 11.2.